The predicted octanol–water partition coefficient (Wildman–Crippen LogP) is 1.62. The lowest BCUT2D eigenvalue weighted by Crippen LogP contribution is -2.26. The third-order valence-corrected chi connectivity index (χ3v) is 4.98. The Kier molecular flexibility index (Phi) is 3.33. The minimum absolute atomic E-state index is 0.107. The van der Waals surface area contributed by atoms with Crippen LogP contribution in [0.15, 0.2) is 35.2 Å². The number of fused-ring (bicyclic) bond motifs is 2. The first-order valence-corrected chi connectivity index (χ1v) is 8.20. The molecule has 1 amide bonds. The van der Waals surface area contributed by atoms with E-state index in [0.717, 1.165) is 25.0 Å². The lowest BCUT2D eigenvalue weighted by Gasteiger charge is -2.17. The Labute approximate surface area is 122 Å². The van der Waals surface area contributed by atoms with Crippen molar-refractivity contribution in [3.8, 4) is 0 Å². The smallest absolute Gasteiger partial charge is 0.238 e. The van der Waals surface area contributed by atoms with Crippen molar-refractivity contribution in [3.05, 3.63) is 36.2 Å². The van der Waals surface area contributed by atoms with Gasteiger partial charge in [-0.15, -0.1) is 0 Å². The number of anilines is 1. The fourth-order valence-electron chi connectivity index (χ4n) is 3.12. The van der Waals surface area contributed by atoms with Gasteiger partial charge < -0.3 is 5.32 Å². The summed E-state index contributed by atoms with van der Waals surface area (Å²) in [5.74, 6) is -0.441. The molecule has 2 bridgehead atoms. The second kappa shape index (κ2) is 4.92. The number of benzene rings is 1. The van der Waals surface area contributed by atoms with E-state index >= 15 is 0 Å². The van der Waals surface area contributed by atoms with E-state index in [4.69, 9.17) is 5.14 Å². The van der Waals surface area contributed by atoms with Gasteiger partial charge in [0.05, 0.1) is 4.90 Å². The Morgan fingerprint density at radius 1 is 1.24 bits per heavy atom. The molecule has 0 radical (unpaired) electrons. The van der Waals surface area contributed by atoms with Crippen LogP contribution in [0.4, 0.5) is 10.1 Å². The second-order valence-corrected chi connectivity index (χ2v) is 7.16. The van der Waals surface area contributed by atoms with Crippen LogP contribution in [0.2, 0.25) is 0 Å². The summed E-state index contributed by atoms with van der Waals surface area (Å²) >= 11 is 0. The van der Waals surface area contributed by atoms with E-state index in [-0.39, 0.29) is 28.3 Å². The first-order valence-electron chi connectivity index (χ1n) is 6.65. The van der Waals surface area contributed by atoms with Gasteiger partial charge in [-0.05, 0) is 42.9 Å². The molecule has 7 heteroatoms. The fourth-order valence-corrected chi connectivity index (χ4v) is 3.68. The lowest BCUT2D eigenvalue weighted by molar-refractivity contribution is -0.120. The summed E-state index contributed by atoms with van der Waals surface area (Å²) in [7, 11) is -4.01. The van der Waals surface area contributed by atoms with Crippen molar-refractivity contribution in [2.24, 2.45) is 22.9 Å². The maximum absolute atomic E-state index is 13.5. The number of nitrogens with one attached hydrogen (secondary N) is 1. The third-order valence-electron chi connectivity index (χ3n) is 4.08. The molecule has 1 fully saturated rings. The molecular formula is C14H15FN2O3S. The summed E-state index contributed by atoms with van der Waals surface area (Å²) in [4.78, 5) is 11.9. The number of hydrogen-bond acceptors (Lipinski definition) is 3. The van der Waals surface area contributed by atoms with E-state index in [2.05, 4.69) is 11.4 Å². The molecule has 112 valence electrons. The van der Waals surface area contributed by atoms with E-state index in [0.29, 0.717) is 5.92 Å². The highest BCUT2D eigenvalue weighted by Gasteiger charge is 2.39. The monoisotopic (exact) mass is 310 g/mol. The zero-order valence-corrected chi connectivity index (χ0v) is 11.9. The topological polar surface area (TPSA) is 89.3 Å². The van der Waals surface area contributed by atoms with Crippen LogP contribution < -0.4 is 10.5 Å². The molecule has 3 atom stereocenters. The van der Waals surface area contributed by atoms with E-state index in [1.165, 1.54) is 6.07 Å². The van der Waals surface area contributed by atoms with Gasteiger partial charge in [-0.25, -0.2) is 17.9 Å². The number of halogens is 1. The average molecular weight is 310 g/mol. The van der Waals surface area contributed by atoms with Crippen molar-refractivity contribution in [3.63, 3.8) is 0 Å². The molecule has 3 unspecified atom stereocenters. The van der Waals surface area contributed by atoms with Crippen LogP contribution in [0.1, 0.15) is 12.8 Å². The second-order valence-electron chi connectivity index (χ2n) is 5.60. The molecule has 2 aliphatic rings. The largest absolute Gasteiger partial charge is 0.326 e. The molecule has 3 rings (SSSR count). The Hall–Kier alpha value is -1.73. The number of carbonyl (C=O) groups excluding carboxylic acids is 1. The highest BCUT2D eigenvalue weighted by molar-refractivity contribution is 7.89. The lowest BCUT2D eigenvalue weighted by atomic mass is 9.93. The van der Waals surface area contributed by atoms with E-state index < -0.39 is 15.8 Å². The van der Waals surface area contributed by atoms with Gasteiger partial charge in [0.15, 0.2) is 0 Å². The minimum atomic E-state index is -4.01. The van der Waals surface area contributed by atoms with Crippen molar-refractivity contribution < 1.29 is 17.6 Å². The van der Waals surface area contributed by atoms with Crippen LogP contribution in [0.5, 0.6) is 0 Å². The SMILES string of the molecule is NS(=O)(=O)c1cc(F)cc(NC(=O)C2CC3C=CC2C3)c1. The van der Waals surface area contributed by atoms with Crippen molar-refractivity contribution in [1.82, 2.24) is 0 Å². The van der Waals surface area contributed by atoms with Gasteiger partial charge in [0.1, 0.15) is 5.82 Å². The third kappa shape index (κ3) is 2.84. The highest BCUT2D eigenvalue weighted by Crippen LogP contribution is 2.43. The number of sulfonamides is 1. The van der Waals surface area contributed by atoms with Crippen LogP contribution >= 0.6 is 0 Å². The number of carbonyl (C=O) groups is 1. The van der Waals surface area contributed by atoms with E-state index in [1.807, 2.05) is 6.08 Å². The molecule has 1 aromatic carbocycles. The Morgan fingerprint density at radius 2 is 2.00 bits per heavy atom. The summed E-state index contributed by atoms with van der Waals surface area (Å²) in [6.45, 7) is 0. The normalized spacial score (nSPS) is 27.0. The van der Waals surface area contributed by atoms with E-state index in [9.17, 15) is 17.6 Å². The van der Waals surface area contributed by atoms with Gasteiger partial charge in [0.2, 0.25) is 15.9 Å². The summed E-state index contributed by atoms with van der Waals surface area (Å²) in [5.41, 5.74) is 0.107. The van der Waals surface area contributed by atoms with Crippen molar-refractivity contribution in [2.75, 3.05) is 5.32 Å². The molecule has 3 N–H and O–H groups in total. The predicted molar refractivity (Wildman–Crippen MR) is 75.2 cm³/mol. The maximum atomic E-state index is 13.5. The number of allylic oxidation sites excluding steroid dienone is 2. The van der Waals surface area contributed by atoms with Gasteiger partial charge in [0.25, 0.3) is 0 Å². The van der Waals surface area contributed by atoms with Crippen molar-refractivity contribution in [2.45, 2.75) is 17.7 Å². The van der Waals surface area contributed by atoms with Crippen LogP contribution in [0, 0.1) is 23.6 Å². The molecule has 0 heterocycles. The minimum Gasteiger partial charge on any atom is -0.326 e. The molecule has 0 aliphatic heterocycles. The van der Waals surface area contributed by atoms with Crippen LogP contribution in [0.3, 0.4) is 0 Å². The van der Waals surface area contributed by atoms with Gasteiger partial charge in [0, 0.05) is 11.6 Å². The molecule has 0 spiro atoms. The van der Waals surface area contributed by atoms with Gasteiger partial charge in [-0.3, -0.25) is 4.79 Å². The number of hydrogen-bond donors (Lipinski definition) is 2. The summed E-state index contributed by atoms with van der Waals surface area (Å²) in [5, 5.41) is 7.57. The molecule has 1 saturated carbocycles. The number of amides is 1. The fraction of sp³-hybridized carbons (Fsp3) is 0.357. The van der Waals surface area contributed by atoms with Gasteiger partial charge >= 0.3 is 0 Å². The molecule has 2 aliphatic carbocycles. The molecular weight excluding hydrogens is 295 g/mol. The zero-order chi connectivity index (χ0) is 15.2. The highest BCUT2D eigenvalue weighted by atomic mass is 32.2. The number of nitrogens with two attached hydrogens (primary N) is 1. The van der Waals surface area contributed by atoms with Crippen molar-refractivity contribution in [1.29, 1.82) is 0 Å². The maximum Gasteiger partial charge on any atom is 0.238 e. The number of primary sulfonamides is 1. The number of rotatable bonds is 3. The summed E-state index contributed by atoms with van der Waals surface area (Å²) in [6, 6.07) is 3.07. The van der Waals surface area contributed by atoms with Crippen LogP contribution in [-0.2, 0) is 14.8 Å². The molecule has 0 aromatic heterocycles. The quantitative estimate of drug-likeness (QED) is 0.831. The Balaban J connectivity index is 1.80. The van der Waals surface area contributed by atoms with Gasteiger partial charge in [-0.2, -0.15) is 0 Å². The van der Waals surface area contributed by atoms with Gasteiger partial charge in [-0.1, -0.05) is 12.2 Å². The summed E-state index contributed by atoms with van der Waals surface area (Å²) < 4.78 is 36.0. The molecule has 1 aromatic rings. The summed E-state index contributed by atoms with van der Waals surface area (Å²) in [6.07, 6.45) is 5.92. The zero-order valence-electron chi connectivity index (χ0n) is 11.1. The standard InChI is InChI=1S/C14H15FN2O3S/c15-10-5-11(7-12(6-10)21(16,19)20)17-14(18)13-4-8-1-2-9(13)3-8/h1-2,5-9,13H,3-4H2,(H,17,18)(H2,16,19,20). The van der Waals surface area contributed by atoms with Crippen molar-refractivity contribution >= 4 is 21.6 Å². The molecule has 21 heavy (non-hydrogen) atoms. The first-order chi connectivity index (χ1) is 9.83. The molecule has 0 saturated heterocycles. The first kappa shape index (κ1) is 14.2. The van der Waals surface area contributed by atoms with Crippen LogP contribution in [0.25, 0.3) is 0 Å². The van der Waals surface area contributed by atoms with Crippen LogP contribution in [-0.4, -0.2) is 14.3 Å². The molecule has 5 nitrogen and oxygen atoms in total. The van der Waals surface area contributed by atoms with E-state index in [1.54, 1.807) is 0 Å². The average Bonchev–Trinajstić information content (AvgIpc) is 2.99. The Morgan fingerprint density at radius 3 is 2.57 bits per heavy atom. The Bertz CT molecular complexity index is 730.